The van der Waals surface area contributed by atoms with E-state index in [1.807, 2.05) is 6.26 Å². The van der Waals surface area contributed by atoms with Crippen LogP contribution in [0.25, 0.3) is 0 Å². The topological polar surface area (TPSA) is 25.2 Å². The van der Waals surface area contributed by atoms with Crippen molar-refractivity contribution in [3.05, 3.63) is 24.2 Å². The lowest BCUT2D eigenvalue weighted by Gasteiger charge is -2.34. The fourth-order valence-electron chi connectivity index (χ4n) is 1.76. The minimum atomic E-state index is 0.327. The average Bonchev–Trinajstić information content (AvgIpc) is 2.70. The fourth-order valence-corrected chi connectivity index (χ4v) is 1.76. The van der Waals surface area contributed by atoms with E-state index in [1.165, 1.54) is 12.0 Å². The van der Waals surface area contributed by atoms with E-state index in [-0.39, 0.29) is 0 Å². The molecular weight excluding hydrogens is 186 g/mol. The van der Waals surface area contributed by atoms with Gasteiger partial charge in [-0.05, 0) is 36.4 Å². The molecule has 0 saturated heterocycles. The molecule has 15 heavy (non-hydrogen) atoms. The Bertz CT molecular complexity index is 264. The quantitative estimate of drug-likeness (QED) is 0.778. The summed E-state index contributed by atoms with van der Waals surface area (Å²) in [5, 5.41) is 3.57. The maximum atomic E-state index is 5.11. The molecule has 1 rings (SSSR count). The van der Waals surface area contributed by atoms with Gasteiger partial charge in [0.1, 0.15) is 0 Å². The highest BCUT2D eigenvalue weighted by atomic mass is 16.3. The first kappa shape index (κ1) is 12.3. The van der Waals surface area contributed by atoms with Crippen LogP contribution in [0.5, 0.6) is 0 Å². The number of furan rings is 1. The molecule has 1 N–H and O–H groups in total. The second kappa shape index (κ2) is 5.36. The molecule has 0 radical (unpaired) electrons. The van der Waals surface area contributed by atoms with E-state index in [0.29, 0.717) is 11.5 Å². The second-order valence-electron chi connectivity index (χ2n) is 4.79. The molecule has 0 spiro atoms. The van der Waals surface area contributed by atoms with Crippen LogP contribution in [0.2, 0.25) is 0 Å². The van der Waals surface area contributed by atoms with Crippen LogP contribution in [0.4, 0.5) is 0 Å². The van der Waals surface area contributed by atoms with Gasteiger partial charge in [0.05, 0.1) is 12.5 Å². The third-order valence-electron chi connectivity index (χ3n) is 3.33. The van der Waals surface area contributed by atoms with E-state index in [9.17, 15) is 0 Å². The van der Waals surface area contributed by atoms with Gasteiger partial charge in [0, 0.05) is 6.04 Å². The molecule has 1 unspecified atom stereocenters. The van der Waals surface area contributed by atoms with Crippen LogP contribution in [0.15, 0.2) is 23.0 Å². The number of hydrogen-bond acceptors (Lipinski definition) is 2. The van der Waals surface area contributed by atoms with Crippen LogP contribution in [-0.4, -0.2) is 12.6 Å². The SMILES string of the molecule is CCNC(Cc1ccoc1)C(C)(C)CC. The predicted octanol–water partition coefficient (Wildman–Crippen LogP) is 3.24. The van der Waals surface area contributed by atoms with Crippen molar-refractivity contribution < 1.29 is 4.42 Å². The van der Waals surface area contributed by atoms with Gasteiger partial charge in [0.2, 0.25) is 0 Å². The van der Waals surface area contributed by atoms with Crippen molar-refractivity contribution in [3.63, 3.8) is 0 Å². The van der Waals surface area contributed by atoms with Crippen molar-refractivity contribution in [2.24, 2.45) is 5.41 Å². The van der Waals surface area contributed by atoms with E-state index in [2.05, 4.69) is 39.1 Å². The van der Waals surface area contributed by atoms with Crippen molar-refractivity contribution in [2.75, 3.05) is 6.54 Å². The highest BCUT2D eigenvalue weighted by Gasteiger charge is 2.27. The molecule has 2 nitrogen and oxygen atoms in total. The van der Waals surface area contributed by atoms with Crippen LogP contribution >= 0.6 is 0 Å². The van der Waals surface area contributed by atoms with Crippen molar-refractivity contribution in [1.82, 2.24) is 5.32 Å². The third kappa shape index (κ3) is 3.38. The summed E-state index contributed by atoms with van der Waals surface area (Å²) < 4.78 is 5.11. The van der Waals surface area contributed by atoms with Crippen LogP contribution in [-0.2, 0) is 6.42 Å². The fraction of sp³-hybridized carbons (Fsp3) is 0.692. The summed E-state index contributed by atoms with van der Waals surface area (Å²) in [5.41, 5.74) is 1.61. The van der Waals surface area contributed by atoms with Gasteiger partial charge in [0.15, 0.2) is 0 Å². The van der Waals surface area contributed by atoms with E-state index < -0.39 is 0 Å². The summed E-state index contributed by atoms with van der Waals surface area (Å²) >= 11 is 0. The molecule has 0 amide bonds. The van der Waals surface area contributed by atoms with Gasteiger partial charge in [-0.1, -0.05) is 27.7 Å². The summed E-state index contributed by atoms with van der Waals surface area (Å²) in [4.78, 5) is 0. The summed E-state index contributed by atoms with van der Waals surface area (Å²) in [5.74, 6) is 0. The Morgan fingerprint density at radius 1 is 1.40 bits per heavy atom. The minimum Gasteiger partial charge on any atom is -0.472 e. The van der Waals surface area contributed by atoms with Crippen LogP contribution in [0.1, 0.15) is 39.7 Å². The first-order valence-electron chi connectivity index (χ1n) is 5.84. The van der Waals surface area contributed by atoms with Crippen LogP contribution in [0.3, 0.4) is 0 Å². The Morgan fingerprint density at radius 3 is 2.60 bits per heavy atom. The lowest BCUT2D eigenvalue weighted by Crippen LogP contribution is -2.43. The van der Waals surface area contributed by atoms with Crippen molar-refractivity contribution in [2.45, 2.75) is 46.6 Å². The summed E-state index contributed by atoms with van der Waals surface area (Å²) in [7, 11) is 0. The smallest absolute Gasteiger partial charge is 0.0935 e. The van der Waals surface area contributed by atoms with Crippen molar-refractivity contribution in [3.8, 4) is 0 Å². The minimum absolute atomic E-state index is 0.327. The number of rotatable bonds is 6. The number of nitrogens with one attached hydrogen (secondary N) is 1. The van der Waals surface area contributed by atoms with E-state index in [1.54, 1.807) is 6.26 Å². The molecule has 0 aliphatic rings. The summed E-state index contributed by atoms with van der Waals surface area (Å²) in [6, 6.07) is 2.57. The van der Waals surface area contributed by atoms with Crippen molar-refractivity contribution >= 4 is 0 Å². The normalized spacial score (nSPS) is 14.1. The van der Waals surface area contributed by atoms with Crippen LogP contribution in [0, 0.1) is 5.41 Å². The van der Waals surface area contributed by atoms with Gasteiger partial charge >= 0.3 is 0 Å². The molecule has 0 saturated carbocycles. The monoisotopic (exact) mass is 209 g/mol. The van der Waals surface area contributed by atoms with Gasteiger partial charge < -0.3 is 9.73 Å². The molecule has 0 aromatic carbocycles. The number of hydrogen-bond donors (Lipinski definition) is 1. The molecule has 0 bridgehead atoms. The lowest BCUT2D eigenvalue weighted by atomic mass is 9.79. The zero-order chi connectivity index (χ0) is 11.3. The Kier molecular flexibility index (Phi) is 4.40. The van der Waals surface area contributed by atoms with E-state index in [4.69, 9.17) is 4.42 Å². The predicted molar refractivity (Wildman–Crippen MR) is 63.9 cm³/mol. The molecule has 0 fully saturated rings. The van der Waals surface area contributed by atoms with Crippen molar-refractivity contribution in [1.29, 1.82) is 0 Å². The van der Waals surface area contributed by atoms with E-state index in [0.717, 1.165) is 13.0 Å². The first-order chi connectivity index (χ1) is 7.10. The highest BCUT2D eigenvalue weighted by molar-refractivity contribution is 5.08. The van der Waals surface area contributed by atoms with Gasteiger partial charge in [-0.3, -0.25) is 0 Å². The Balaban J connectivity index is 2.66. The standard InChI is InChI=1S/C13H23NO/c1-5-13(3,4)12(14-6-2)9-11-7-8-15-10-11/h7-8,10,12,14H,5-6,9H2,1-4H3. The van der Waals surface area contributed by atoms with Crippen LogP contribution < -0.4 is 5.32 Å². The first-order valence-corrected chi connectivity index (χ1v) is 5.84. The zero-order valence-electron chi connectivity index (χ0n) is 10.3. The summed E-state index contributed by atoms with van der Waals surface area (Å²) in [6.45, 7) is 10.1. The molecular formula is C13H23NO. The average molecular weight is 209 g/mol. The molecule has 1 heterocycles. The molecule has 1 aromatic rings. The Hall–Kier alpha value is -0.760. The zero-order valence-corrected chi connectivity index (χ0v) is 10.3. The summed E-state index contributed by atoms with van der Waals surface area (Å²) in [6.07, 6.45) is 5.82. The molecule has 2 heteroatoms. The molecule has 1 aromatic heterocycles. The van der Waals surface area contributed by atoms with E-state index >= 15 is 0 Å². The van der Waals surface area contributed by atoms with Gasteiger partial charge in [-0.15, -0.1) is 0 Å². The molecule has 86 valence electrons. The third-order valence-corrected chi connectivity index (χ3v) is 3.33. The second-order valence-corrected chi connectivity index (χ2v) is 4.79. The maximum Gasteiger partial charge on any atom is 0.0935 e. The Morgan fingerprint density at radius 2 is 2.13 bits per heavy atom. The molecule has 0 aliphatic heterocycles. The molecule has 1 atom stereocenters. The van der Waals surface area contributed by atoms with Gasteiger partial charge in [-0.2, -0.15) is 0 Å². The lowest BCUT2D eigenvalue weighted by molar-refractivity contribution is 0.232. The maximum absolute atomic E-state index is 5.11. The number of likely N-dealkylation sites (N-methyl/N-ethyl adjacent to an activating group) is 1. The van der Waals surface area contributed by atoms with Gasteiger partial charge in [-0.25, -0.2) is 0 Å². The largest absolute Gasteiger partial charge is 0.472 e. The van der Waals surface area contributed by atoms with Gasteiger partial charge in [0.25, 0.3) is 0 Å². The highest BCUT2D eigenvalue weighted by Crippen LogP contribution is 2.27. The Labute approximate surface area is 93.1 Å². The molecule has 0 aliphatic carbocycles.